The first-order chi connectivity index (χ1) is 13.8. The Bertz CT molecular complexity index is 923. The Hall–Kier alpha value is -2.60. The maximum absolute atomic E-state index is 6.53. The third kappa shape index (κ3) is 2.44. The van der Waals surface area contributed by atoms with E-state index in [1.165, 1.54) is 18.4 Å². The Balaban J connectivity index is 1.47. The van der Waals surface area contributed by atoms with Crippen LogP contribution in [0.4, 0.5) is 0 Å². The predicted octanol–water partition coefficient (Wildman–Crippen LogP) is 3.73. The van der Waals surface area contributed by atoms with Crippen molar-refractivity contribution in [3.05, 3.63) is 41.5 Å². The van der Waals surface area contributed by atoms with Crippen LogP contribution in [-0.2, 0) is 0 Å². The van der Waals surface area contributed by atoms with Gasteiger partial charge in [-0.05, 0) is 36.6 Å². The summed E-state index contributed by atoms with van der Waals surface area (Å²) in [6.45, 7) is 5.00. The van der Waals surface area contributed by atoms with Gasteiger partial charge in [0.15, 0.2) is 29.2 Å². The molecule has 3 unspecified atom stereocenters. The Kier molecular flexibility index (Phi) is 3.63. The molecule has 4 aliphatic rings. The lowest BCUT2D eigenvalue weighted by Crippen LogP contribution is -2.46. The van der Waals surface area contributed by atoms with E-state index >= 15 is 0 Å². The summed E-state index contributed by atoms with van der Waals surface area (Å²) < 4.78 is 28.9. The van der Waals surface area contributed by atoms with Crippen molar-refractivity contribution in [1.29, 1.82) is 0 Å². The van der Waals surface area contributed by atoms with Crippen molar-refractivity contribution >= 4 is 0 Å². The van der Waals surface area contributed by atoms with Crippen LogP contribution in [0.1, 0.15) is 36.8 Å². The molecule has 3 atom stereocenters. The molecule has 6 nitrogen and oxygen atoms in total. The number of hydrogen-bond donors (Lipinski definition) is 0. The number of nitrogens with zero attached hydrogens (tertiary/aromatic N) is 1. The molecule has 0 bridgehead atoms. The Morgan fingerprint density at radius 2 is 1.46 bits per heavy atom. The quantitative estimate of drug-likeness (QED) is 0.790. The van der Waals surface area contributed by atoms with Gasteiger partial charge < -0.3 is 23.7 Å². The normalized spacial score (nSPS) is 27.5. The molecule has 6 heteroatoms. The fraction of sp³-hybridized carbons (Fsp3) is 0.455. The van der Waals surface area contributed by atoms with Gasteiger partial charge in [-0.3, -0.25) is 4.90 Å². The zero-order chi connectivity index (χ0) is 18.7. The molecule has 0 spiro atoms. The summed E-state index contributed by atoms with van der Waals surface area (Å²) in [6, 6.07) is 10.4. The number of benzene rings is 2. The Morgan fingerprint density at radius 1 is 0.786 bits per heavy atom. The summed E-state index contributed by atoms with van der Waals surface area (Å²) in [5, 5.41) is 0. The van der Waals surface area contributed by atoms with Gasteiger partial charge in [0.25, 0.3) is 0 Å². The highest BCUT2D eigenvalue weighted by Crippen LogP contribution is 2.51. The first-order valence-corrected chi connectivity index (χ1v) is 10.0. The van der Waals surface area contributed by atoms with E-state index in [-0.39, 0.29) is 31.6 Å². The first-order valence-electron chi connectivity index (χ1n) is 10.0. The van der Waals surface area contributed by atoms with Crippen molar-refractivity contribution in [3.63, 3.8) is 0 Å². The van der Waals surface area contributed by atoms with Crippen molar-refractivity contribution in [3.8, 4) is 28.7 Å². The van der Waals surface area contributed by atoms with Crippen molar-refractivity contribution in [2.75, 3.05) is 26.7 Å². The average Bonchev–Trinajstić information content (AvgIpc) is 3.46. The van der Waals surface area contributed by atoms with E-state index in [0.717, 1.165) is 47.4 Å². The zero-order valence-corrected chi connectivity index (χ0v) is 15.8. The van der Waals surface area contributed by atoms with E-state index in [1.807, 2.05) is 12.1 Å². The van der Waals surface area contributed by atoms with Gasteiger partial charge in [-0.25, -0.2) is 0 Å². The number of ether oxygens (including phenoxy) is 5. The van der Waals surface area contributed by atoms with E-state index < -0.39 is 0 Å². The third-order valence-corrected chi connectivity index (χ3v) is 6.32. The molecule has 4 aliphatic heterocycles. The smallest absolute Gasteiger partial charge is 0.231 e. The Morgan fingerprint density at radius 3 is 2.25 bits per heavy atom. The van der Waals surface area contributed by atoms with Crippen LogP contribution in [0.15, 0.2) is 30.3 Å². The van der Waals surface area contributed by atoms with Gasteiger partial charge in [-0.2, -0.15) is 0 Å². The molecular formula is C22H23NO5. The van der Waals surface area contributed by atoms with Crippen LogP contribution >= 0.6 is 0 Å². The molecule has 4 heterocycles. The zero-order valence-electron chi connectivity index (χ0n) is 15.8. The number of fused-ring (bicyclic) bond motifs is 3. The van der Waals surface area contributed by atoms with Crippen molar-refractivity contribution < 1.29 is 23.7 Å². The van der Waals surface area contributed by atoms with Gasteiger partial charge in [-0.15, -0.1) is 0 Å². The number of hydrogen-bond acceptors (Lipinski definition) is 6. The van der Waals surface area contributed by atoms with E-state index in [9.17, 15) is 0 Å². The first kappa shape index (κ1) is 16.4. The van der Waals surface area contributed by atoms with Crippen molar-refractivity contribution in [2.24, 2.45) is 5.92 Å². The molecule has 1 saturated heterocycles. The van der Waals surface area contributed by atoms with Crippen molar-refractivity contribution in [2.45, 2.75) is 31.9 Å². The molecule has 0 amide bonds. The molecule has 1 fully saturated rings. The molecule has 0 aliphatic carbocycles. The second-order valence-corrected chi connectivity index (χ2v) is 7.94. The number of likely N-dealkylation sites (tertiary alicyclic amines) is 1. The lowest BCUT2D eigenvalue weighted by Gasteiger charge is -2.42. The second-order valence-electron chi connectivity index (χ2n) is 7.94. The minimum absolute atomic E-state index is 0.0470. The summed E-state index contributed by atoms with van der Waals surface area (Å²) in [6.07, 6.45) is 2.51. The van der Waals surface area contributed by atoms with E-state index in [1.54, 1.807) is 0 Å². The molecule has 6 rings (SSSR count). The standard InChI is InChI=1S/C22H23NO5/c1-13-21(14-4-5-16-18(8-14)25-11-24-16)15-9-19-20(27-12-26-19)10-17(15)28-22(13)23-6-2-3-7-23/h4-5,8-10,13,21-22H,2-3,6-7,11-12H2,1H3. The lowest BCUT2D eigenvalue weighted by molar-refractivity contribution is -0.0178. The van der Waals surface area contributed by atoms with Gasteiger partial charge in [0.05, 0.1) is 0 Å². The summed E-state index contributed by atoms with van der Waals surface area (Å²) >= 11 is 0. The van der Waals surface area contributed by atoms with E-state index in [0.29, 0.717) is 0 Å². The van der Waals surface area contributed by atoms with Gasteiger partial charge in [0.1, 0.15) is 5.75 Å². The third-order valence-electron chi connectivity index (χ3n) is 6.32. The highest BCUT2D eigenvalue weighted by molar-refractivity contribution is 5.57. The van der Waals surface area contributed by atoms with E-state index in [4.69, 9.17) is 23.7 Å². The summed E-state index contributed by atoms with van der Waals surface area (Å²) in [5.74, 6) is 4.53. The van der Waals surface area contributed by atoms with Crippen LogP contribution in [0.2, 0.25) is 0 Å². The monoisotopic (exact) mass is 381 g/mol. The minimum Gasteiger partial charge on any atom is -0.474 e. The minimum atomic E-state index is 0.0470. The van der Waals surface area contributed by atoms with E-state index in [2.05, 4.69) is 30.0 Å². The topological polar surface area (TPSA) is 49.4 Å². The van der Waals surface area contributed by atoms with Crippen LogP contribution in [0.25, 0.3) is 0 Å². The fourth-order valence-electron chi connectivity index (χ4n) is 4.96. The SMILES string of the molecule is CC1C(c2ccc3c(c2)OCO3)c2cc3c(cc2OC1N1CCCC1)OCO3. The van der Waals surface area contributed by atoms with Crippen LogP contribution in [-0.4, -0.2) is 37.8 Å². The lowest BCUT2D eigenvalue weighted by atomic mass is 9.78. The molecular weight excluding hydrogens is 358 g/mol. The van der Waals surface area contributed by atoms with Gasteiger partial charge in [0.2, 0.25) is 13.6 Å². The maximum Gasteiger partial charge on any atom is 0.231 e. The summed E-state index contributed by atoms with van der Waals surface area (Å²) in [5.41, 5.74) is 2.36. The molecule has 2 aromatic carbocycles. The van der Waals surface area contributed by atoms with Crippen LogP contribution in [0, 0.1) is 5.92 Å². The molecule has 0 N–H and O–H groups in total. The van der Waals surface area contributed by atoms with Crippen LogP contribution in [0.5, 0.6) is 28.7 Å². The highest BCUT2D eigenvalue weighted by atomic mass is 16.7. The van der Waals surface area contributed by atoms with Gasteiger partial charge in [-0.1, -0.05) is 13.0 Å². The van der Waals surface area contributed by atoms with Crippen LogP contribution in [0.3, 0.4) is 0 Å². The second kappa shape index (κ2) is 6.21. The molecule has 0 aromatic heterocycles. The predicted molar refractivity (Wildman–Crippen MR) is 101 cm³/mol. The highest BCUT2D eigenvalue weighted by Gasteiger charge is 2.41. The molecule has 2 aromatic rings. The molecule has 146 valence electrons. The van der Waals surface area contributed by atoms with Crippen molar-refractivity contribution in [1.82, 2.24) is 4.90 Å². The largest absolute Gasteiger partial charge is 0.474 e. The summed E-state index contributed by atoms with van der Waals surface area (Å²) in [7, 11) is 0. The van der Waals surface area contributed by atoms with Gasteiger partial charge >= 0.3 is 0 Å². The average molecular weight is 381 g/mol. The molecule has 0 radical (unpaired) electrons. The number of rotatable bonds is 2. The van der Waals surface area contributed by atoms with Gasteiger partial charge in [0, 0.05) is 36.6 Å². The summed E-state index contributed by atoms with van der Waals surface area (Å²) in [4.78, 5) is 2.47. The Labute approximate surface area is 163 Å². The molecule has 0 saturated carbocycles. The van der Waals surface area contributed by atoms with Crippen LogP contribution < -0.4 is 23.7 Å². The molecule has 28 heavy (non-hydrogen) atoms. The maximum atomic E-state index is 6.53. The fourth-order valence-corrected chi connectivity index (χ4v) is 4.96.